The minimum absolute atomic E-state index is 0.228. The van der Waals surface area contributed by atoms with E-state index in [0.29, 0.717) is 0 Å². The van der Waals surface area contributed by atoms with Gasteiger partial charge in [-0.3, -0.25) is 0 Å². The van der Waals surface area contributed by atoms with E-state index < -0.39 is 29.9 Å². The summed E-state index contributed by atoms with van der Waals surface area (Å²) in [6, 6.07) is 0. The van der Waals surface area contributed by atoms with E-state index in [-0.39, 0.29) is 11.9 Å². The van der Waals surface area contributed by atoms with Gasteiger partial charge in [0, 0.05) is 5.25 Å². The third-order valence-corrected chi connectivity index (χ3v) is 3.46. The topological polar surface area (TPSA) is 90.2 Å². The van der Waals surface area contributed by atoms with Crippen molar-refractivity contribution in [2.45, 2.75) is 48.9 Å². The van der Waals surface area contributed by atoms with Crippen molar-refractivity contribution < 1.29 is 25.2 Å². The van der Waals surface area contributed by atoms with Crippen molar-refractivity contribution in [1.29, 1.82) is 0 Å². The summed E-state index contributed by atoms with van der Waals surface area (Å²) in [5.74, 6) is 0. The fraction of sp³-hybridized carbons (Fsp3) is 1.00. The summed E-state index contributed by atoms with van der Waals surface area (Å²) in [7, 11) is 0. The first-order chi connectivity index (χ1) is 6.97. The lowest BCUT2D eigenvalue weighted by Crippen LogP contribution is -2.57. The summed E-state index contributed by atoms with van der Waals surface area (Å²) in [4.78, 5) is 0. The highest BCUT2D eigenvalue weighted by Gasteiger charge is 2.43. The maximum absolute atomic E-state index is 9.63. The molecule has 5 nitrogen and oxygen atoms in total. The molecule has 0 aromatic heterocycles. The Balaban J connectivity index is 2.65. The minimum atomic E-state index is -1.27. The van der Waals surface area contributed by atoms with E-state index in [2.05, 4.69) is 0 Å². The zero-order valence-corrected chi connectivity index (χ0v) is 9.59. The number of hydrogen-bond donors (Lipinski definition) is 4. The fourth-order valence-corrected chi connectivity index (χ4v) is 2.51. The molecular formula is C9H18O5S. The highest BCUT2D eigenvalue weighted by Crippen LogP contribution is 2.30. The van der Waals surface area contributed by atoms with E-state index in [1.54, 1.807) is 0 Å². The lowest BCUT2D eigenvalue weighted by atomic mass is 10.0. The number of aliphatic hydroxyl groups is 4. The van der Waals surface area contributed by atoms with Crippen LogP contribution in [0.1, 0.15) is 13.8 Å². The number of thioether (sulfide) groups is 1. The summed E-state index contributed by atoms with van der Waals surface area (Å²) in [5.41, 5.74) is -0.611. The molecule has 0 unspecified atom stereocenters. The first kappa shape index (κ1) is 13.2. The van der Waals surface area contributed by atoms with Gasteiger partial charge in [0.1, 0.15) is 29.9 Å². The van der Waals surface area contributed by atoms with Crippen molar-refractivity contribution in [2.75, 3.05) is 6.61 Å². The van der Waals surface area contributed by atoms with Crippen LogP contribution in [0.4, 0.5) is 0 Å². The Bertz CT molecular complexity index is 199. The van der Waals surface area contributed by atoms with E-state index >= 15 is 0 Å². The van der Waals surface area contributed by atoms with Gasteiger partial charge in [0.15, 0.2) is 0 Å². The van der Waals surface area contributed by atoms with Crippen molar-refractivity contribution in [3.63, 3.8) is 0 Å². The molecule has 1 aliphatic rings. The first-order valence-electron chi connectivity index (χ1n) is 4.93. The van der Waals surface area contributed by atoms with E-state index in [0.717, 1.165) is 0 Å². The molecule has 1 rings (SSSR count). The second-order valence-corrected chi connectivity index (χ2v) is 5.56. The standard InChI is InChI=1S/C9H18O5S/c1-4(2)15-9-8(13)7(12)6(11)5(3-10)14-9/h4-13H,3H2,1-2H3/t5-,6+,7+,8-,9-/m0/s1. The van der Waals surface area contributed by atoms with Crippen LogP contribution in [0.25, 0.3) is 0 Å². The Morgan fingerprint density at radius 2 is 1.73 bits per heavy atom. The highest BCUT2D eigenvalue weighted by molar-refractivity contribution is 8.00. The smallest absolute Gasteiger partial charge is 0.132 e. The summed E-state index contributed by atoms with van der Waals surface area (Å²) < 4.78 is 5.29. The number of hydrogen-bond acceptors (Lipinski definition) is 6. The number of aliphatic hydroxyl groups excluding tert-OH is 4. The molecule has 0 aromatic carbocycles. The van der Waals surface area contributed by atoms with Gasteiger partial charge in [0.2, 0.25) is 0 Å². The largest absolute Gasteiger partial charge is 0.394 e. The van der Waals surface area contributed by atoms with Gasteiger partial charge < -0.3 is 25.2 Å². The van der Waals surface area contributed by atoms with Crippen LogP contribution in [-0.2, 0) is 4.74 Å². The Labute approximate surface area is 93.1 Å². The molecule has 4 N–H and O–H groups in total. The average molecular weight is 238 g/mol. The SMILES string of the molecule is CC(C)S[C@@H]1O[C@@H](CO)[C@@H](O)[C@@H](O)[C@@H]1O. The molecule has 1 heterocycles. The second-order valence-electron chi connectivity index (χ2n) is 3.88. The molecule has 1 fully saturated rings. The lowest BCUT2D eigenvalue weighted by Gasteiger charge is -2.40. The molecule has 0 aliphatic carbocycles. The molecule has 1 aliphatic heterocycles. The second kappa shape index (κ2) is 5.47. The monoisotopic (exact) mass is 238 g/mol. The van der Waals surface area contributed by atoms with Gasteiger partial charge in [-0.15, -0.1) is 11.8 Å². The van der Waals surface area contributed by atoms with E-state index in [1.807, 2.05) is 13.8 Å². The predicted molar refractivity (Wildman–Crippen MR) is 56.5 cm³/mol. The van der Waals surface area contributed by atoms with Crippen LogP contribution < -0.4 is 0 Å². The zero-order chi connectivity index (χ0) is 11.6. The average Bonchev–Trinajstić information content (AvgIpc) is 2.18. The predicted octanol–water partition coefficient (Wildman–Crippen LogP) is -1.07. The van der Waals surface area contributed by atoms with Gasteiger partial charge in [-0.2, -0.15) is 0 Å². The Kier molecular flexibility index (Phi) is 4.82. The zero-order valence-electron chi connectivity index (χ0n) is 8.78. The van der Waals surface area contributed by atoms with E-state index in [4.69, 9.17) is 9.84 Å². The molecule has 0 amide bonds. The van der Waals surface area contributed by atoms with Gasteiger partial charge >= 0.3 is 0 Å². The summed E-state index contributed by atoms with van der Waals surface area (Å²) in [6.07, 6.45) is -4.48. The van der Waals surface area contributed by atoms with Crippen LogP contribution in [0.3, 0.4) is 0 Å². The first-order valence-corrected chi connectivity index (χ1v) is 5.87. The maximum Gasteiger partial charge on any atom is 0.132 e. The van der Waals surface area contributed by atoms with Crippen LogP contribution in [0.15, 0.2) is 0 Å². The van der Waals surface area contributed by atoms with Gasteiger partial charge in [-0.05, 0) is 0 Å². The Hall–Kier alpha value is 0.150. The van der Waals surface area contributed by atoms with Crippen molar-refractivity contribution in [1.82, 2.24) is 0 Å². The van der Waals surface area contributed by atoms with Gasteiger partial charge in [0.05, 0.1) is 6.61 Å². The van der Waals surface area contributed by atoms with Crippen LogP contribution in [-0.4, -0.2) is 62.1 Å². The van der Waals surface area contributed by atoms with Crippen LogP contribution >= 0.6 is 11.8 Å². The van der Waals surface area contributed by atoms with Crippen LogP contribution in [0, 0.1) is 0 Å². The van der Waals surface area contributed by atoms with Crippen molar-refractivity contribution in [2.24, 2.45) is 0 Å². The van der Waals surface area contributed by atoms with Crippen LogP contribution in [0.2, 0.25) is 0 Å². The highest BCUT2D eigenvalue weighted by atomic mass is 32.2. The number of ether oxygens (including phenoxy) is 1. The van der Waals surface area contributed by atoms with Gasteiger partial charge in [0.25, 0.3) is 0 Å². The van der Waals surface area contributed by atoms with E-state index in [1.165, 1.54) is 11.8 Å². The molecule has 0 spiro atoms. The molecule has 5 atom stereocenters. The van der Waals surface area contributed by atoms with Gasteiger partial charge in [-0.1, -0.05) is 13.8 Å². The van der Waals surface area contributed by atoms with Crippen LogP contribution in [0.5, 0.6) is 0 Å². The maximum atomic E-state index is 9.63. The molecule has 0 radical (unpaired) electrons. The number of rotatable bonds is 3. The molecular weight excluding hydrogens is 220 g/mol. The molecule has 0 aromatic rings. The normalized spacial score (nSPS) is 42.2. The summed E-state index contributed by atoms with van der Waals surface area (Å²) in [5, 5.41) is 37.8. The molecule has 0 saturated carbocycles. The lowest BCUT2D eigenvalue weighted by molar-refractivity contribution is -0.205. The third-order valence-electron chi connectivity index (χ3n) is 2.25. The minimum Gasteiger partial charge on any atom is -0.394 e. The van der Waals surface area contributed by atoms with Crippen molar-refractivity contribution >= 4 is 11.8 Å². The fourth-order valence-electron chi connectivity index (χ4n) is 1.45. The van der Waals surface area contributed by atoms with E-state index in [9.17, 15) is 15.3 Å². The third kappa shape index (κ3) is 3.05. The summed E-state index contributed by atoms with van der Waals surface area (Å²) >= 11 is 1.35. The van der Waals surface area contributed by atoms with Crippen molar-refractivity contribution in [3.8, 4) is 0 Å². The molecule has 1 saturated heterocycles. The van der Waals surface area contributed by atoms with Crippen molar-refractivity contribution in [3.05, 3.63) is 0 Å². The molecule has 90 valence electrons. The summed E-state index contributed by atoms with van der Waals surface area (Å²) in [6.45, 7) is 3.50. The Morgan fingerprint density at radius 3 is 2.20 bits per heavy atom. The Morgan fingerprint density at radius 1 is 1.13 bits per heavy atom. The van der Waals surface area contributed by atoms with Gasteiger partial charge in [-0.25, -0.2) is 0 Å². The quantitative estimate of drug-likeness (QED) is 0.500. The molecule has 0 bridgehead atoms. The molecule has 6 heteroatoms. The molecule has 15 heavy (non-hydrogen) atoms.